The number of hydrogen-bond acceptors (Lipinski definition) is 3. The Labute approximate surface area is 84.9 Å². The third-order valence-corrected chi connectivity index (χ3v) is 2.44. The average Bonchev–Trinajstić information content (AvgIpc) is 2.17. The Morgan fingerprint density at radius 3 is 3.21 bits per heavy atom. The van der Waals surface area contributed by atoms with E-state index in [1.54, 1.807) is 0 Å². The summed E-state index contributed by atoms with van der Waals surface area (Å²) >= 11 is 0. The second kappa shape index (κ2) is 3.96. The molecule has 0 bridgehead atoms. The maximum absolute atomic E-state index is 4.33. The number of aryl methyl sites for hydroxylation is 1. The summed E-state index contributed by atoms with van der Waals surface area (Å²) in [5, 5.41) is 6.88. The maximum Gasteiger partial charge on any atom is 0.130 e. The molecular formula is C11H17N3. The fourth-order valence-corrected chi connectivity index (χ4v) is 1.83. The molecule has 76 valence electrons. The number of pyridine rings is 1. The van der Waals surface area contributed by atoms with Crippen LogP contribution < -0.4 is 10.6 Å². The van der Waals surface area contributed by atoms with Crippen molar-refractivity contribution in [3.63, 3.8) is 0 Å². The monoisotopic (exact) mass is 191 g/mol. The number of nitrogens with one attached hydrogen (secondary N) is 2. The van der Waals surface area contributed by atoms with Gasteiger partial charge in [-0.3, -0.25) is 5.32 Å². The van der Waals surface area contributed by atoms with Crippen LogP contribution >= 0.6 is 0 Å². The van der Waals surface area contributed by atoms with E-state index in [0.29, 0.717) is 12.2 Å². The summed E-state index contributed by atoms with van der Waals surface area (Å²) in [5.41, 5.74) is 1.33. The molecular weight excluding hydrogens is 174 g/mol. The number of nitrogens with zero attached hydrogens (tertiary/aromatic N) is 1. The molecule has 0 spiro atoms. The van der Waals surface area contributed by atoms with Gasteiger partial charge in [0.2, 0.25) is 0 Å². The molecule has 0 aliphatic carbocycles. The van der Waals surface area contributed by atoms with Gasteiger partial charge >= 0.3 is 0 Å². The topological polar surface area (TPSA) is 37.0 Å². The fraction of sp³-hybridized carbons (Fsp3) is 0.545. The lowest BCUT2D eigenvalue weighted by Gasteiger charge is -2.28. The van der Waals surface area contributed by atoms with Gasteiger partial charge in [0.05, 0.1) is 6.17 Å². The van der Waals surface area contributed by atoms with Crippen molar-refractivity contribution in [2.75, 3.05) is 5.32 Å². The van der Waals surface area contributed by atoms with E-state index < -0.39 is 0 Å². The lowest BCUT2D eigenvalue weighted by atomic mass is 10.1. The van der Waals surface area contributed by atoms with Gasteiger partial charge in [-0.15, -0.1) is 0 Å². The van der Waals surface area contributed by atoms with Crippen molar-refractivity contribution >= 4 is 5.82 Å². The third kappa shape index (κ3) is 2.04. The van der Waals surface area contributed by atoms with Crippen LogP contribution in [0.3, 0.4) is 0 Å². The Morgan fingerprint density at radius 2 is 2.43 bits per heavy atom. The van der Waals surface area contributed by atoms with Crippen LogP contribution in [0.1, 0.15) is 25.8 Å². The first-order valence-corrected chi connectivity index (χ1v) is 5.22. The molecule has 0 saturated heterocycles. The smallest absolute Gasteiger partial charge is 0.130 e. The number of aromatic nitrogens is 1. The summed E-state index contributed by atoms with van der Waals surface area (Å²) < 4.78 is 0. The van der Waals surface area contributed by atoms with Crippen LogP contribution in [0.4, 0.5) is 5.82 Å². The SMILES string of the molecule is CC(C)NC1CCc2cccnc2N1. The molecule has 1 aromatic heterocycles. The van der Waals surface area contributed by atoms with Gasteiger partial charge in [0.1, 0.15) is 5.82 Å². The largest absolute Gasteiger partial charge is 0.355 e. The van der Waals surface area contributed by atoms with E-state index in [4.69, 9.17) is 0 Å². The average molecular weight is 191 g/mol. The van der Waals surface area contributed by atoms with Gasteiger partial charge in [0, 0.05) is 12.2 Å². The van der Waals surface area contributed by atoms with E-state index in [9.17, 15) is 0 Å². The summed E-state index contributed by atoms with van der Waals surface area (Å²) in [4.78, 5) is 4.33. The van der Waals surface area contributed by atoms with Gasteiger partial charge in [0.15, 0.2) is 0 Å². The molecule has 0 amide bonds. The summed E-state index contributed by atoms with van der Waals surface area (Å²) in [6, 6.07) is 4.65. The second-order valence-electron chi connectivity index (χ2n) is 4.07. The van der Waals surface area contributed by atoms with Gasteiger partial charge in [-0.1, -0.05) is 6.07 Å². The molecule has 1 atom stereocenters. The quantitative estimate of drug-likeness (QED) is 0.748. The standard InChI is InChI=1S/C11H17N3/c1-8(2)13-10-6-5-9-4-3-7-12-11(9)14-10/h3-4,7-8,10,13H,5-6H2,1-2H3,(H,12,14). The van der Waals surface area contributed by atoms with E-state index in [1.165, 1.54) is 5.56 Å². The molecule has 0 fully saturated rings. The van der Waals surface area contributed by atoms with Crippen LogP contribution in [-0.2, 0) is 6.42 Å². The summed E-state index contributed by atoms with van der Waals surface area (Å²) in [5.74, 6) is 1.04. The van der Waals surface area contributed by atoms with Crippen molar-refractivity contribution in [1.82, 2.24) is 10.3 Å². The van der Waals surface area contributed by atoms with Crippen LogP contribution in [0.5, 0.6) is 0 Å². The Morgan fingerprint density at radius 1 is 1.57 bits per heavy atom. The first kappa shape index (κ1) is 9.46. The molecule has 0 saturated carbocycles. The highest BCUT2D eigenvalue weighted by Crippen LogP contribution is 2.20. The molecule has 2 rings (SSSR count). The van der Waals surface area contributed by atoms with Crippen molar-refractivity contribution in [2.45, 2.75) is 38.9 Å². The summed E-state index contributed by atoms with van der Waals surface area (Å²) in [7, 11) is 0. The van der Waals surface area contributed by atoms with Crippen molar-refractivity contribution in [2.24, 2.45) is 0 Å². The molecule has 1 aromatic rings. The minimum atomic E-state index is 0.373. The molecule has 0 aromatic carbocycles. The van der Waals surface area contributed by atoms with Crippen molar-refractivity contribution < 1.29 is 0 Å². The van der Waals surface area contributed by atoms with E-state index in [1.807, 2.05) is 12.3 Å². The van der Waals surface area contributed by atoms with E-state index in [0.717, 1.165) is 18.7 Å². The molecule has 0 radical (unpaired) electrons. The first-order chi connectivity index (χ1) is 6.75. The second-order valence-corrected chi connectivity index (χ2v) is 4.07. The molecule has 2 N–H and O–H groups in total. The predicted molar refractivity (Wildman–Crippen MR) is 58.2 cm³/mol. The minimum Gasteiger partial charge on any atom is -0.355 e. The van der Waals surface area contributed by atoms with Gasteiger partial charge in [-0.05, 0) is 38.3 Å². The van der Waals surface area contributed by atoms with Gasteiger partial charge in [0.25, 0.3) is 0 Å². The maximum atomic E-state index is 4.33. The molecule has 3 heteroatoms. The van der Waals surface area contributed by atoms with E-state index in [-0.39, 0.29) is 0 Å². The Kier molecular flexibility index (Phi) is 2.68. The zero-order chi connectivity index (χ0) is 9.97. The Bertz CT molecular complexity index is 309. The van der Waals surface area contributed by atoms with Crippen LogP contribution in [0.2, 0.25) is 0 Å². The highest BCUT2D eigenvalue weighted by Gasteiger charge is 2.17. The number of anilines is 1. The first-order valence-electron chi connectivity index (χ1n) is 5.22. The Balaban J connectivity index is 2.06. The van der Waals surface area contributed by atoms with Crippen LogP contribution in [0.25, 0.3) is 0 Å². The fourth-order valence-electron chi connectivity index (χ4n) is 1.83. The van der Waals surface area contributed by atoms with E-state index >= 15 is 0 Å². The third-order valence-electron chi connectivity index (χ3n) is 2.44. The molecule has 2 heterocycles. The normalized spacial score (nSPS) is 20.4. The molecule has 1 unspecified atom stereocenters. The number of fused-ring (bicyclic) bond motifs is 1. The zero-order valence-electron chi connectivity index (χ0n) is 8.75. The van der Waals surface area contributed by atoms with Crippen LogP contribution in [-0.4, -0.2) is 17.2 Å². The number of hydrogen-bond donors (Lipinski definition) is 2. The Hall–Kier alpha value is -1.09. The van der Waals surface area contributed by atoms with Crippen molar-refractivity contribution in [3.8, 4) is 0 Å². The summed E-state index contributed by atoms with van der Waals surface area (Å²) in [6.45, 7) is 4.32. The predicted octanol–water partition coefficient (Wildman–Crippen LogP) is 1.76. The van der Waals surface area contributed by atoms with Crippen molar-refractivity contribution in [1.29, 1.82) is 0 Å². The van der Waals surface area contributed by atoms with Crippen molar-refractivity contribution in [3.05, 3.63) is 23.9 Å². The number of rotatable bonds is 2. The molecule has 14 heavy (non-hydrogen) atoms. The zero-order valence-corrected chi connectivity index (χ0v) is 8.75. The highest BCUT2D eigenvalue weighted by atomic mass is 15.2. The van der Waals surface area contributed by atoms with E-state index in [2.05, 4.69) is 35.5 Å². The summed E-state index contributed by atoms with van der Waals surface area (Å²) in [6.07, 6.45) is 4.46. The molecule has 1 aliphatic rings. The van der Waals surface area contributed by atoms with Gasteiger partial charge < -0.3 is 5.32 Å². The van der Waals surface area contributed by atoms with Crippen LogP contribution in [0, 0.1) is 0 Å². The highest BCUT2D eigenvalue weighted by molar-refractivity contribution is 5.46. The van der Waals surface area contributed by atoms with Gasteiger partial charge in [-0.2, -0.15) is 0 Å². The molecule has 3 nitrogen and oxygen atoms in total. The van der Waals surface area contributed by atoms with Gasteiger partial charge in [-0.25, -0.2) is 4.98 Å². The minimum absolute atomic E-state index is 0.373. The molecule has 1 aliphatic heterocycles. The lowest BCUT2D eigenvalue weighted by molar-refractivity contribution is 0.464. The lowest BCUT2D eigenvalue weighted by Crippen LogP contribution is -2.43. The van der Waals surface area contributed by atoms with Crippen LogP contribution in [0.15, 0.2) is 18.3 Å².